The van der Waals surface area contributed by atoms with Crippen molar-refractivity contribution in [3.05, 3.63) is 58.1 Å². The third-order valence-corrected chi connectivity index (χ3v) is 3.51. The molecule has 0 radical (unpaired) electrons. The highest BCUT2D eigenvalue weighted by Gasteiger charge is 2.01. The number of benzene rings is 1. The minimum absolute atomic E-state index is 0.174. The van der Waals surface area contributed by atoms with Crippen molar-refractivity contribution in [2.24, 2.45) is 0 Å². The summed E-state index contributed by atoms with van der Waals surface area (Å²) in [7, 11) is 3.95. The predicted octanol–water partition coefficient (Wildman–Crippen LogP) is 1.61. The van der Waals surface area contributed by atoms with Crippen LogP contribution in [0.2, 0.25) is 0 Å². The maximum atomic E-state index is 11.2. The number of hydrogen-bond donors (Lipinski definition) is 3. The predicted molar refractivity (Wildman–Crippen MR) is 88.0 cm³/mol. The number of fused-ring (bicyclic) bond motifs is 1. The first kappa shape index (κ1) is 14.3. The lowest BCUT2D eigenvalue weighted by Crippen LogP contribution is -2.14. The van der Waals surface area contributed by atoms with E-state index >= 15 is 0 Å². The zero-order valence-corrected chi connectivity index (χ0v) is 12.7. The Labute approximate surface area is 128 Å². The summed E-state index contributed by atoms with van der Waals surface area (Å²) < 4.78 is 0. The van der Waals surface area contributed by atoms with Crippen LogP contribution in [0.15, 0.2) is 41.3 Å². The molecular formula is C16H19N5O. The third-order valence-electron chi connectivity index (χ3n) is 3.51. The Bertz CT molecular complexity index is 816. The van der Waals surface area contributed by atoms with E-state index in [-0.39, 0.29) is 5.69 Å². The zero-order valence-electron chi connectivity index (χ0n) is 12.7. The molecule has 3 rings (SSSR count). The number of aromatic nitrogens is 3. The minimum atomic E-state index is -0.174. The van der Waals surface area contributed by atoms with Crippen molar-refractivity contribution in [3.63, 3.8) is 0 Å². The molecule has 0 atom stereocenters. The van der Waals surface area contributed by atoms with Crippen molar-refractivity contribution in [3.8, 4) is 0 Å². The summed E-state index contributed by atoms with van der Waals surface area (Å²) in [5, 5.41) is 3.38. The Balaban J connectivity index is 1.60. The molecule has 1 aromatic carbocycles. The van der Waals surface area contributed by atoms with Crippen LogP contribution in [0.5, 0.6) is 0 Å². The molecule has 0 aliphatic carbocycles. The molecular weight excluding hydrogens is 278 g/mol. The highest BCUT2D eigenvalue weighted by molar-refractivity contribution is 5.74. The fourth-order valence-electron chi connectivity index (χ4n) is 2.33. The molecule has 0 bridgehead atoms. The van der Waals surface area contributed by atoms with E-state index in [9.17, 15) is 4.79 Å². The minimum Gasteiger partial charge on any atom is -0.363 e. The van der Waals surface area contributed by atoms with Gasteiger partial charge in [-0.3, -0.25) is 0 Å². The van der Waals surface area contributed by atoms with Crippen LogP contribution in [0.25, 0.3) is 11.0 Å². The lowest BCUT2D eigenvalue weighted by molar-refractivity contribution is 0.692. The quantitative estimate of drug-likeness (QED) is 0.668. The zero-order chi connectivity index (χ0) is 15.5. The number of imidazole rings is 1. The van der Waals surface area contributed by atoms with E-state index in [0.717, 1.165) is 41.1 Å². The molecule has 2 aromatic heterocycles. The topological polar surface area (TPSA) is 76.8 Å². The van der Waals surface area contributed by atoms with E-state index in [1.54, 1.807) is 0 Å². The second-order valence-corrected chi connectivity index (χ2v) is 5.48. The molecule has 6 nitrogen and oxygen atoms in total. The van der Waals surface area contributed by atoms with E-state index in [2.05, 4.69) is 26.3 Å². The van der Waals surface area contributed by atoms with Crippen LogP contribution in [0.3, 0.4) is 0 Å². The number of rotatable bonds is 5. The van der Waals surface area contributed by atoms with E-state index in [1.165, 1.54) is 0 Å². The molecule has 0 saturated carbocycles. The molecule has 22 heavy (non-hydrogen) atoms. The van der Waals surface area contributed by atoms with E-state index < -0.39 is 0 Å². The van der Waals surface area contributed by atoms with Gasteiger partial charge in [0.25, 0.3) is 0 Å². The van der Waals surface area contributed by atoms with Gasteiger partial charge in [0.05, 0.1) is 11.0 Å². The van der Waals surface area contributed by atoms with Gasteiger partial charge in [0.1, 0.15) is 5.82 Å². The van der Waals surface area contributed by atoms with Gasteiger partial charge < -0.3 is 20.2 Å². The Morgan fingerprint density at radius 1 is 1.05 bits per heavy atom. The Morgan fingerprint density at radius 3 is 2.50 bits per heavy atom. The van der Waals surface area contributed by atoms with Crippen LogP contribution < -0.4 is 15.9 Å². The summed E-state index contributed by atoms with van der Waals surface area (Å²) >= 11 is 0. The average Bonchev–Trinajstić information content (AvgIpc) is 2.87. The third kappa shape index (κ3) is 3.17. The first-order valence-electron chi connectivity index (χ1n) is 7.16. The molecule has 0 aliphatic rings. The molecule has 0 aliphatic heterocycles. The molecule has 114 valence electrons. The van der Waals surface area contributed by atoms with E-state index in [4.69, 9.17) is 0 Å². The molecule has 3 aromatic rings. The average molecular weight is 297 g/mol. The van der Waals surface area contributed by atoms with Crippen molar-refractivity contribution in [2.75, 3.05) is 19.0 Å². The molecule has 0 unspecified atom stereocenters. The van der Waals surface area contributed by atoms with Crippen molar-refractivity contribution >= 4 is 16.9 Å². The molecule has 0 spiro atoms. The first-order valence-corrected chi connectivity index (χ1v) is 7.16. The molecule has 0 saturated heterocycles. The van der Waals surface area contributed by atoms with Crippen LogP contribution in [-0.4, -0.2) is 29.0 Å². The molecule has 0 amide bonds. The highest BCUT2D eigenvalue weighted by Crippen LogP contribution is 2.11. The Morgan fingerprint density at radius 2 is 1.77 bits per heavy atom. The molecule has 3 N–H and O–H groups in total. The van der Waals surface area contributed by atoms with Gasteiger partial charge in [0.15, 0.2) is 0 Å². The summed E-state index contributed by atoms with van der Waals surface area (Å²) in [6.45, 7) is 1.49. The maximum Gasteiger partial charge on any atom is 0.323 e. The van der Waals surface area contributed by atoms with Crippen molar-refractivity contribution in [1.82, 2.24) is 20.3 Å². The molecule has 6 heteroatoms. The standard InChI is InChI=1S/C16H19N5O/c1-21(2)15-6-4-12(10-18-15)9-17-8-11-3-5-13-14(7-11)20-16(22)19-13/h3-7,10,17H,8-9H2,1-2H3,(H2,19,20,22). The van der Waals surface area contributed by atoms with Crippen LogP contribution in [-0.2, 0) is 13.1 Å². The van der Waals surface area contributed by atoms with Gasteiger partial charge in [-0.05, 0) is 29.3 Å². The second kappa shape index (κ2) is 6.03. The van der Waals surface area contributed by atoms with E-state index in [0.29, 0.717) is 0 Å². The Kier molecular flexibility index (Phi) is 3.93. The van der Waals surface area contributed by atoms with Crippen molar-refractivity contribution in [1.29, 1.82) is 0 Å². The number of H-pyrrole nitrogens is 2. The fourth-order valence-corrected chi connectivity index (χ4v) is 2.33. The number of pyridine rings is 1. The van der Waals surface area contributed by atoms with Crippen LogP contribution in [0, 0.1) is 0 Å². The van der Waals surface area contributed by atoms with Gasteiger partial charge in [0.2, 0.25) is 0 Å². The van der Waals surface area contributed by atoms with Gasteiger partial charge in [-0.25, -0.2) is 9.78 Å². The number of nitrogens with zero attached hydrogens (tertiary/aromatic N) is 2. The first-order chi connectivity index (χ1) is 10.6. The number of aromatic amines is 2. The number of anilines is 1. The van der Waals surface area contributed by atoms with Gasteiger partial charge >= 0.3 is 5.69 Å². The van der Waals surface area contributed by atoms with Crippen molar-refractivity contribution < 1.29 is 0 Å². The second-order valence-electron chi connectivity index (χ2n) is 5.48. The summed E-state index contributed by atoms with van der Waals surface area (Å²) in [5.41, 5.74) is 3.76. The maximum absolute atomic E-state index is 11.2. The normalized spacial score (nSPS) is 11.0. The van der Waals surface area contributed by atoms with Crippen LogP contribution in [0.1, 0.15) is 11.1 Å². The van der Waals surface area contributed by atoms with Crippen LogP contribution in [0.4, 0.5) is 5.82 Å². The summed E-state index contributed by atoms with van der Waals surface area (Å²) in [5.74, 6) is 0.950. The lowest BCUT2D eigenvalue weighted by atomic mass is 10.2. The van der Waals surface area contributed by atoms with Gasteiger partial charge in [-0.2, -0.15) is 0 Å². The molecule has 2 heterocycles. The Hall–Kier alpha value is -2.60. The molecule has 0 fully saturated rings. The largest absolute Gasteiger partial charge is 0.363 e. The SMILES string of the molecule is CN(C)c1ccc(CNCc2ccc3[nH]c(=O)[nH]c3c2)cn1. The highest BCUT2D eigenvalue weighted by atomic mass is 16.1. The lowest BCUT2D eigenvalue weighted by Gasteiger charge is -2.11. The summed E-state index contributed by atoms with van der Waals surface area (Å²) in [6, 6.07) is 9.98. The van der Waals surface area contributed by atoms with Gasteiger partial charge in [0, 0.05) is 33.4 Å². The summed E-state index contributed by atoms with van der Waals surface area (Å²) in [4.78, 5) is 23.1. The van der Waals surface area contributed by atoms with Gasteiger partial charge in [-0.1, -0.05) is 12.1 Å². The smallest absolute Gasteiger partial charge is 0.323 e. The fraction of sp³-hybridized carbons (Fsp3) is 0.250. The van der Waals surface area contributed by atoms with Crippen molar-refractivity contribution in [2.45, 2.75) is 13.1 Å². The monoisotopic (exact) mass is 297 g/mol. The number of nitrogens with one attached hydrogen (secondary N) is 3. The number of hydrogen-bond acceptors (Lipinski definition) is 4. The van der Waals surface area contributed by atoms with Gasteiger partial charge in [-0.15, -0.1) is 0 Å². The van der Waals surface area contributed by atoms with Crippen LogP contribution >= 0.6 is 0 Å². The van der Waals surface area contributed by atoms with E-state index in [1.807, 2.05) is 49.5 Å². The summed E-state index contributed by atoms with van der Waals surface area (Å²) in [6.07, 6.45) is 1.88.